The van der Waals surface area contributed by atoms with Crippen LogP contribution in [-0.4, -0.2) is 63.5 Å². The maximum atomic E-state index is 13.6. The zero-order chi connectivity index (χ0) is 31.6. The molecule has 2 atom stereocenters. The van der Waals surface area contributed by atoms with Crippen LogP contribution in [0.3, 0.4) is 0 Å². The van der Waals surface area contributed by atoms with E-state index in [1.807, 2.05) is 111 Å². The van der Waals surface area contributed by atoms with E-state index >= 15 is 0 Å². The van der Waals surface area contributed by atoms with E-state index < -0.39 is 0 Å². The summed E-state index contributed by atoms with van der Waals surface area (Å²) in [5.74, 6) is 1.41. The number of carbonyl (C=O) groups is 2. The van der Waals surface area contributed by atoms with Gasteiger partial charge in [0.2, 0.25) is 0 Å². The molecule has 2 amide bonds. The van der Waals surface area contributed by atoms with Gasteiger partial charge in [0, 0.05) is 35.6 Å². The Morgan fingerprint density at radius 1 is 0.587 bits per heavy atom. The maximum Gasteiger partial charge on any atom is 0.258 e. The molecule has 2 unspecified atom stereocenters. The molecule has 8 nitrogen and oxygen atoms in total. The van der Waals surface area contributed by atoms with Crippen LogP contribution < -0.4 is 19.3 Å². The van der Waals surface area contributed by atoms with E-state index in [0.717, 1.165) is 57.6 Å². The normalized spacial score (nSPS) is 16.7. The zero-order valence-corrected chi connectivity index (χ0v) is 26.0. The van der Waals surface area contributed by atoms with Crippen molar-refractivity contribution in [3.8, 4) is 11.5 Å². The number of hydrogen-bond donors (Lipinski definition) is 0. The third-order valence-electron chi connectivity index (χ3n) is 8.39. The number of anilines is 2. The Hall–Kier alpha value is -4.92. The third kappa shape index (κ3) is 6.54. The van der Waals surface area contributed by atoms with Gasteiger partial charge in [-0.2, -0.15) is 0 Å². The van der Waals surface area contributed by atoms with Crippen LogP contribution in [-0.2, 0) is 9.47 Å². The number of epoxide rings is 2. The predicted octanol–water partition coefficient (Wildman–Crippen LogP) is 6.88. The molecule has 5 aromatic carbocycles. The molecular weight excluding hydrogens is 580 g/mol. The van der Waals surface area contributed by atoms with E-state index in [-0.39, 0.29) is 24.0 Å². The fraction of sp³-hybridized carbons (Fsp3) is 0.263. The molecular formula is C38H36N2O6. The summed E-state index contributed by atoms with van der Waals surface area (Å²) in [6, 6.07) is 30.8. The Balaban J connectivity index is 1.04. The molecule has 0 bridgehead atoms. The second-order valence-electron chi connectivity index (χ2n) is 11.6. The van der Waals surface area contributed by atoms with Gasteiger partial charge in [-0.3, -0.25) is 9.59 Å². The summed E-state index contributed by atoms with van der Waals surface area (Å²) in [6.07, 6.45) is 0.394. The van der Waals surface area contributed by atoms with Crippen LogP contribution in [0.5, 0.6) is 11.5 Å². The molecule has 0 N–H and O–H groups in total. The number of benzene rings is 5. The van der Waals surface area contributed by atoms with Gasteiger partial charge in [-0.05, 0) is 108 Å². The summed E-state index contributed by atoms with van der Waals surface area (Å²) in [5, 5.41) is 3.95. The van der Waals surface area contributed by atoms with Gasteiger partial charge in [0.1, 0.15) is 36.9 Å². The molecule has 2 fully saturated rings. The molecule has 2 aliphatic rings. The highest BCUT2D eigenvalue weighted by molar-refractivity contribution is 6.09. The Morgan fingerprint density at radius 3 is 1.33 bits per heavy atom. The summed E-state index contributed by atoms with van der Waals surface area (Å²) in [6.45, 7) is 7.52. The van der Waals surface area contributed by atoms with Crippen LogP contribution in [0.25, 0.3) is 21.5 Å². The highest BCUT2D eigenvalue weighted by Gasteiger charge is 2.24. The van der Waals surface area contributed by atoms with Crippen molar-refractivity contribution >= 4 is 44.7 Å². The molecule has 234 valence electrons. The van der Waals surface area contributed by atoms with Crippen LogP contribution in [0, 0.1) is 0 Å². The smallest absolute Gasteiger partial charge is 0.258 e. The molecule has 0 spiro atoms. The molecule has 0 aromatic heterocycles. The van der Waals surface area contributed by atoms with Crippen LogP contribution in [0.4, 0.5) is 11.4 Å². The van der Waals surface area contributed by atoms with Gasteiger partial charge < -0.3 is 28.7 Å². The van der Waals surface area contributed by atoms with Gasteiger partial charge in [0.15, 0.2) is 0 Å². The second-order valence-corrected chi connectivity index (χ2v) is 11.6. The number of fused-ring (bicyclic) bond motifs is 2. The molecule has 46 heavy (non-hydrogen) atoms. The van der Waals surface area contributed by atoms with Gasteiger partial charge >= 0.3 is 0 Å². The fourth-order valence-corrected chi connectivity index (χ4v) is 5.61. The van der Waals surface area contributed by atoms with Gasteiger partial charge in [0.05, 0.1) is 13.2 Å². The average molecular weight is 617 g/mol. The number of rotatable bonds is 12. The standard InChI is InChI=1S/C38H36N2O6/c1-3-39(37(41)29-7-5-27-19-33(15-9-25(27)17-29)43-21-35-23-45-35)31-11-13-32(14-12-31)40(4-2)38(42)30-8-6-28-20-34(16-10-26(28)18-30)44-22-36-24-46-36/h5-20,35-36H,3-4,21-24H2,1-2H3. The topological polar surface area (TPSA) is 84.1 Å². The minimum absolute atomic E-state index is 0.0858. The molecule has 2 saturated heterocycles. The number of nitrogens with zero attached hydrogens (tertiary/aromatic N) is 2. The van der Waals surface area contributed by atoms with E-state index in [9.17, 15) is 9.59 Å². The van der Waals surface area contributed by atoms with Crippen molar-refractivity contribution in [1.82, 2.24) is 0 Å². The molecule has 8 heteroatoms. The number of ether oxygens (including phenoxy) is 4. The first-order chi connectivity index (χ1) is 22.5. The summed E-state index contributed by atoms with van der Waals surface area (Å²) < 4.78 is 22.1. The molecule has 5 aromatic rings. The lowest BCUT2D eigenvalue weighted by atomic mass is 10.0. The van der Waals surface area contributed by atoms with E-state index in [1.165, 1.54) is 0 Å². The Bertz CT molecular complexity index is 1760. The summed E-state index contributed by atoms with van der Waals surface area (Å²) in [5.41, 5.74) is 2.75. The van der Waals surface area contributed by atoms with Crippen molar-refractivity contribution < 1.29 is 28.5 Å². The van der Waals surface area contributed by atoms with Crippen molar-refractivity contribution in [3.05, 3.63) is 108 Å². The monoisotopic (exact) mass is 616 g/mol. The highest BCUT2D eigenvalue weighted by atomic mass is 16.6. The lowest BCUT2D eigenvalue weighted by Gasteiger charge is -2.24. The van der Waals surface area contributed by atoms with E-state index in [1.54, 1.807) is 9.80 Å². The first-order valence-electron chi connectivity index (χ1n) is 15.8. The molecule has 0 saturated carbocycles. The second kappa shape index (κ2) is 12.8. The largest absolute Gasteiger partial charge is 0.491 e. The SMILES string of the molecule is CCN(C(=O)c1ccc2cc(OCC3CO3)ccc2c1)c1ccc(N(CC)C(=O)c2ccc3cc(OCC4CO4)ccc3c2)cc1. The molecule has 2 aliphatic heterocycles. The van der Waals surface area contributed by atoms with Crippen molar-refractivity contribution in [2.45, 2.75) is 26.1 Å². The van der Waals surface area contributed by atoms with Crippen molar-refractivity contribution in [2.75, 3.05) is 49.3 Å². The van der Waals surface area contributed by atoms with Gasteiger partial charge in [-0.1, -0.05) is 24.3 Å². The van der Waals surface area contributed by atoms with E-state index in [0.29, 0.717) is 37.4 Å². The van der Waals surface area contributed by atoms with Crippen LogP contribution in [0.2, 0.25) is 0 Å². The zero-order valence-electron chi connectivity index (χ0n) is 26.0. The number of hydrogen-bond acceptors (Lipinski definition) is 6. The minimum atomic E-state index is -0.0858. The van der Waals surface area contributed by atoms with Crippen LogP contribution in [0.15, 0.2) is 97.1 Å². The Labute approximate surface area is 268 Å². The van der Waals surface area contributed by atoms with Crippen molar-refractivity contribution in [1.29, 1.82) is 0 Å². The Kier molecular flexibility index (Phi) is 8.30. The highest BCUT2D eigenvalue weighted by Crippen LogP contribution is 2.28. The summed E-state index contributed by atoms with van der Waals surface area (Å²) in [7, 11) is 0. The summed E-state index contributed by atoms with van der Waals surface area (Å²) >= 11 is 0. The van der Waals surface area contributed by atoms with E-state index in [4.69, 9.17) is 18.9 Å². The first-order valence-corrected chi connectivity index (χ1v) is 15.8. The number of amides is 2. The summed E-state index contributed by atoms with van der Waals surface area (Å²) in [4.78, 5) is 30.8. The lowest BCUT2D eigenvalue weighted by Crippen LogP contribution is -2.32. The van der Waals surface area contributed by atoms with Crippen molar-refractivity contribution in [3.63, 3.8) is 0 Å². The fourth-order valence-electron chi connectivity index (χ4n) is 5.61. The predicted molar refractivity (Wildman–Crippen MR) is 180 cm³/mol. The quantitative estimate of drug-likeness (QED) is 0.142. The maximum absolute atomic E-state index is 13.6. The van der Waals surface area contributed by atoms with Crippen molar-refractivity contribution in [2.24, 2.45) is 0 Å². The lowest BCUT2D eigenvalue weighted by molar-refractivity contribution is 0.0980. The number of carbonyl (C=O) groups excluding carboxylic acids is 2. The molecule has 7 rings (SSSR count). The Morgan fingerprint density at radius 2 is 0.957 bits per heavy atom. The molecule has 0 aliphatic carbocycles. The van der Waals surface area contributed by atoms with E-state index in [2.05, 4.69) is 0 Å². The molecule has 2 heterocycles. The van der Waals surface area contributed by atoms with Gasteiger partial charge in [-0.25, -0.2) is 0 Å². The van der Waals surface area contributed by atoms with Gasteiger partial charge in [0.25, 0.3) is 11.8 Å². The molecule has 0 radical (unpaired) electrons. The van der Waals surface area contributed by atoms with Crippen LogP contribution in [0.1, 0.15) is 34.6 Å². The van der Waals surface area contributed by atoms with Gasteiger partial charge in [-0.15, -0.1) is 0 Å². The first kappa shape index (κ1) is 29.8. The van der Waals surface area contributed by atoms with Crippen LogP contribution >= 0.6 is 0 Å². The minimum Gasteiger partial charge on any atom is -0.491 e. The average Bonchev–Trinajstić information content (AvgIpc) is 4.03. The third-order valence-corrected chi connectivity index (χ3v) is 8.39.